The summed E-state index contributed by atoms with van der Waals surface area (Å²) < 4.78 is 0. The second kappa shape index (κ2) is 11.3. The SMILES string of the molecule is CCCCC[Si](CCC)(CCC)CCCCC. The van der Waals surface area contributed by atoms with Crippen molar-refractivity contribution in [3.05, 3.63) is 0 Å². The van der Waals surface area contributed by atoms with Gasteiger partial charge in [-0.25, -0.2) is 0 Å². The zero-order valence-electron chi connectivity index (χ0n) is 13.0. The number of rotatable bonds is 12. The van der Waals surface area contributed by atoms with E-state index in [-0.39, 0.29) is 0 Å². The molecule has 0 fully saturated rings. The zero-order valence-corrected chi connectivity index (χ0v) is 14.0. The number of hydrogen-bond donors (Lipinski definition) is 0. The van der Waals surface area contributed by atoms with Crippen LogP contribution in [0.1, 0.15) is 79.1 Å². The van der Waals surface area contributed by atoms with E-state index in [4.69, 9.17) is 0 Å². The highest BCUT2D eigenvalue weighted by Gasteiger charge is 2.29. The molecule has 0 spiro atoms. The van der Waals surface area contributed by atoms with Gasteiger partial charge in [-0.15, -0.1) is 0 Å². The van der Waals surface area contributed by atoms with Gasteiger partial charge in [-0.05, 0) is 0 Å². The predicted molar refractivity (Wildman–Crippen MR) is 84.6 cm³/mol. The lowest BCUT2D eigenvalue weighted by molar-refractivity contribution is 0.725. The van der Waals surface area contributed by atoms with Gasteiger partial charge < -0.3 is 0 Å². The third-order valence-corrected chi connectivity index (χ3v) is 10.1. The number of hydrogen-bond acceptors (Lipinski definition) is 0. The maximum atomic E-state index is 2.40. The first-order valence-corrected chi connectivity index (χ1v) is 11.1. The molecule has 17 heavy (non-hydrogen) atoms. The largest absolute Gasteiger partial charge is 0.0657 e. The van der Waals surface area contributed by atoms with E-state index < -0.39 is 8.07 Å². The molecule has 0 aromatic carbocycles. The first-order chi connectivity index (χ1) is 8.24. The van der Waals surface area contributed by atoms with Crippen LogP contribution in [0.3, 0.4) is 0 Å². The Morgan fingerprint density at radius 2 is 0.882 bits per heavy atom. The van der Waals surface area contributed by atoms with Crippen LogP contribution in [0.25, 0.3) is 0 Å². The molecule has 0 heterocycles. The molecule has 0 aliphatic rings. The van der Waals surface area contributed by atoms with Crippen LogP contribution in [0.5, 0.6) is 0 Å². The number of unbranched alkanes of at least 4 members (excludes halogenated alkanes) is 4. The van der Waals surface area contributed by atoms with Crippen LogP contribution >= 0.6 is 0 Å². The molecule has 0 radical (unpaired) electrons. The van der Waals surface area contributed by atoms with Crippen LogP contribution in [-0.4, -0.2) is 8.07 Å². The van der Waals surface area contributed by atoms with Crippen LogP contribution in [0, 0.1) is 0 Å². The van der Waals surface area contributed by atoms with Crippen molar-refractivity contribution in [1.82, 2.24) is 0 Å². The summed E-state index contributed by atoms with van der Waals surface area (Å²) in [6, 6.07) is 6.47. The monoisotopic (exact) mass is 256 g/mol. The van der Waals surface area contributed by atoms with Crippen LogP contribution in [-0.2, 0) is 0 Å². The lowest BCUT2D eigenvalue weighted by atomic mass is 10.3. The molecule has 0 bridgehead atoms. The minimum absolute atomic E-state index is 0.870. The van der Waals surface area contributed by atoms with E-state index in [1.807, 2.05) is 0 Å². The molecule has 0 N–H and O–H groups in total. The summed E-state index contributed by atoms with van der Waals surface area (Å²) in [4.78, 5) is 0. The summed E-state index contributed by atoms with van der Waals surface area (Å²) >= 11 is 0. The average molecular weight is 257 g/mol. The molecule has 0 rings (SSSR count). The average Bonchev–Trinajstić information content (AvgIpc) is 2.30. The van der Waals surface area contributed by atoms with E-state index in [2.05, 4.69) is 27.7 Å². The summed E-state index contributed by atoms with van der Waals surface area (Å²) in [7, 11) is -0.870. The van der Waals surface area contributed by atoms with Gasteiger partial charge in [0, 0.05) is 0 Å². The Bertz CT molecular complexity index is 136. The Morgan fingerprint density at radius 1 is 0.471 bits per heavy atom. The normalized spacial score (nSPS) is 12.0. The standard InChI is InChI=1S/C16H36Si/c1-5-9-11-15-17(13-7-3,14-8-4)16-12-10-6-2/h5-16H2,1-4H3. The van der Waals surface area contributed by atoms with Crippen molar-refractivity contribution < 1.29 is 0 Å². The molecular formula is C16H36Si. The quantitative estimate of drug-likeness (QED) is 0.271. The van der Waals surface area contributed by atoms with E-state index in [0.717, 1.165) is 0 Å². The van der Waals surface area contributed by atoms with Gasteiger partial charge in [0.25, 0.3) is 0 Å². The molecule has 0 nitrogen and oxygen atoms in total. The summed E-state index contributed by atoms with van der Waals surface area (Å²) in [5, 5.41) is 0. The molecule has 0 saturated heterocycles. The molecule has 1 heteroatoms. The van der Waals surface area contributed by atoms with Gasteiger partial charge in [0.05, 0.1) is 8.07 Å². The maximum absolute atomic E-state index is 2.40. The van der Waals surface area contributed by atoms with Crippen molar-refractivity contribution in [3.63, 3.8) is 0 Å². The van der Waals surface area contributed by atoms with Crippen molar-refractivity contribution in [3.8, 4) is 0 Å². The van der Waals surface area contributed by atoms with Gasteiger partial charge in [-0.1, -0.05) is 103 Å². The smallest absolute Gasteiger partial charge is 0.0535 e. The van der Waals surface area contributed by atoms with Crippen molar-refractivity contribution in [2.24, 2.45) is 0 Å². The zero-order chi connectivity index (χ0) is 13.0. The third-order valence-electron chi connectivity index (χ3n) is 4.18. The fraction of sp³-hybridized carbons (Fsp3) is 1.00. The predicted octanol–water partition coefficient (Wildman–Crippen LogP) is 6.64. The summed E-state index contributed by atoms with van der Waals surface area (Å²) in [5.74, 6) is 0. The highest BCUT2D eigenvalue weighted by Crippen LogP contribution is 2.32. The van der Waals surface area contributed by atoms with Crippen molar-refractivity contribution >= 4 is 8.07 Å². The molecule has 0 aromatic heterocycles. The van der Waals surface area contributed by atoms with Crippen molar-refractivity contribution in [1.29, 1.82) is 0 Å². The Hall–Kier alpha value is 0.217. The summed E-state index contributed by atoms with van der Waals surface area (Å²) in [6.45, 7) is 9.47. The van der Waals surface area contributed by atoms with Gasteiger partial charge >= 0.3 is 0 Å². The molecule has 0 amide bonds. The highest BCUT2D eigenvalue weighted by molar-refractivity contribution is 6.79. The van der Waals surface area contributed by atoms with Crippen LogP contribution in [0.2, 0.25) is 24.2 Å². The molecule has 0 atom stereocenters. The maximum Gasteiger partial charge on any atom is 0.0535 e. The lowest BCUT2D eigenvalue weighted by Crippen LogP contribution is -2.33. The highest BCUT2D eigenvalue weighted by atomic mass is 28.3. The van der Waals surface area contributed by atoms with Gasteiger partial charge in [-0.3, -0.25) is 0 Å². The van der Waals surface area contributed by atoms with Gasteiger partial charge in [0.15, 0.2) is 0 Å². The molecule has 0 aromatic rings. The molecular weight excluding hydrogens is 220 g/mol. The van der Waals surface area contributed by atoms with Gasteiger partial charge in [-0.2, -0.15) is 0 Å². The van der Waals surface area contributed by atoms with E-state index >= 15 is 0 Å². The minimum Gasteiger partial charge on any atom is -0.0657 e. The fourth-order valence-corrected chi connectivity index (χ4v) is 8.93. The summed E-state index contributed by atoms with van der Waals surface area (Å²) in [6.07, 6.45) is 11.6. The van der Waals surface area contributed by atoms with Crippen LogP contribution in [0.4, 0.5) is 0 Å². The summed E-state index contributed by atoms with van der Waals surface area (Å²) in [5.41, 5.74) is 0. The Labute approximate surface area is 112 Å². The van der Waals surface area contributed by atoms with E-state index in [1.165, 1.54) is 51.4 Å². The van der Waals surface area contributed by atoms with Crippen molar-refractivity contribution in [2.75, 3.05) is 0 Å². The second-order valence-electron chi connectivity index (χ2n) is 5.91. The molecule has 0 unspecified atom stereocenters. The van der Waals surface area contributed by atoms with Gasteiger partial charge in [0.2, 0.25) is 0 Å². The molecule has 0 saturated carbocycles. The first-order valence-electron chi connectivity index (χ1n) is 8.24. The Balaban J connectivity index is 4.25. The van der Waals surface area contributed by atoms with Crippen molar-refractivity contribution in [2.45, 2.75) is 103 Å². The van der Waals surface area contributed by atoms with Gasteiger partial charge in [0.1, 0.15) is 0 Å². The minimum atomic E-state index is -0.870. The van der Waals surface area contributed by atoms with Crippen LogP contribution < -0.4 is 0 Å². The fourth-order valence-electron chi connectivity index (χ4n) is 3.31. The topological polar surface area (TPSA) is 0 Å². The van der Waals surface area contributed by atoms with E-state index in [9.17, 15) is 0 Å². The third kappa shape index (κ3) is 8.02. The molecule has 0 aliphatic heterocycles. The van der Waals surface area contributed by atoms with E-state index in [1.54, 1.807) is 24.2 Å². The lowest BCUT2D eigenvalue weighted by Gasteiger charge is -2.32. The van der Waals surface area contributed by atoms with E-state index in [0.29, 0.717) is 0 Å². The first kappa shape index (κ1) is 17.2. The van der Waals surface area contributed by atoms with Crippen LogP contribution in [0.15, 0.2) is 0 Å². The molecule has 0 aliphatic carbocycles. The Morgan fingerprint density at radius 3 is 1.18 bits per heavy atom. The molecule has 104 valence electrons. The Kier molecular flexibility index (Phi) is 11.5. The second-order valence-corrected chi connectivity index (χ2v) is 10.9.